The van der Waals surface area contributed by atoms with Gasteiger partial charge in [0.1, 0.15) is 12.4 Å². The lowest BCUT2D eigenvalue weighted by atomic mass is 10.2. The van der Waals surface area contributed by atoms with Crippen molar-refractivity contribution < 1.29 is 14.7 Å². The number of rotatable bonds is 6. The number of hydrogen-bond donors (Lipinski definition) is 2. The van der Waals surface area contributed by atoms with E-state index < -0.39 is 0 Å². The second kappa shape index (κ2) is 7.37. The predicted octanol–water partition coefficient (Wildman–Crippen LogP) is 1.67. The molecular formula is C15H18N2O3. The van der Waals surface area contributed by atoms with E-state index >= 15 is 0 Å². The van der Waals surface area contributed by atoms with Gasteiger partial charge in [0.05, 0.1) is 13.2 Å². The monoisotopic (exact) mass is 274 g/mol. The normalized spacial score (nSPS) is 13.9. The molecule has 5 nitrogen and oxygen atoms in total. The number of aliphatic hydroxyl groups is 1. The fourth-order valence-corrected chi connectivity index (χ4v) is 1.77. The summed E-state index contributed by atoms with van der Waals surface area (Å²) in [4.78, 5) is 6.68. The highest BCUT2D eigenvalue weighted by Gasteiger charge is 2.08. The van der Waals surface area contributed by atoms with Gasteiger partial charge in [-0.2, -0.15) is 5.90 Å². The standard InChI is InChI=1S/C15H18N2O3/c16-20-15-4-2-1-3-9-17(15)10-11-19-14-7-5-13(12-18)6-8-14/h1-9,18H,10-12,16H2. The molecule has 106 valence electrons. The maximum absolute atomic E-state index is 8.96. The van der Waals surface area contributed by atoms with E-state index in [9.17, 15) is 0 Å². The molecule has 0 radical (unpaired) electrons. The average molecular weight is 274 g/mol. The molecule has 0 saturated carbocycles. The third-order valence-electron chi connectivity index (χ3n) is 2.84. The Morgan fingerprint density at radius 3 is 2.60 bits per heavy atom. The highest BCUT2D eigenvalue weighted by atomic mass is 16.6. The lowest BCUT2D eigenvalue weighted by Crippen LogP contribution is -2.25. The number of benzene rings is 1. The Labute approximate surface area is 118 Å². The summed E-state index contributed by atoms with van der Waals surface area (Å²) in [6.07, 6.45) is 9.32. The van der Waals surface area contributed by atoms with E-state index in [4.69, 9.17) is 20.6 Å². The molecular weight excluding hydrogens is 256 g/mol. The van der Waals surface area contributed by atoms with Gasteiger partial charge < -0.3 is 19.6 Å². The van der Waals surface area contributed by atoms with E-state index in [0.29, 0.717) is 19.0 Å². The number of hydrogen-bond acceptors (Lipinski definition) is 5. The first kappa shape index (κ1) is 14.2. The molecule has 1 aliphatic heterocycles. The van der Waals surface area contributed by atoms with Crippen LogP contribution in [-0.4, -0.2) is 23.2 Å². The summed E-state index contributed by atoms with van der Waals surface area (Å²) < 4.78 is 5.64. The van der Waals surface area contributed by atoms with Crippen molar-refractivity contribution in [3.63, 3.8) is 0 Å². The largest absolute Gasteiger partial charge is 0.492 e. The van der Waals surface area contributed by atoms with Gasteiger partial charge in [-0.05, 0) is 23.8 Å². The molecule has 1 aromatic carbocycles. The summed E-state index contributed by atoms with van der Waals surface area (Å²) in [5, 5.41) is 8.96. The fraction of sp³-hybridized carbons (Fsp3) is 0.200. The molecule has 5 heteroatoms. The Balaban J connectivity index is 1.85. The van der Waals surface area contributed by atoms with Crippen LogP contribution in [0.25, 0.3) is 0 Å². The van der Waals surface area contributed by atoms with Crippen LogP contribution in [0, 0.1) is 0 Å². The number of nitrogens with zero attached hydrogens (tertiary/aromatic N) is 1. The smallest absolute Gasteiger partial charge is 0.218 e. The molecule has 0 bridgehead atoms. The van der Waals surface area contributed by atoms with Gasteiger partial charge in [0.2, 0.25) is 5.88 Å². The van der Waals surface area contributed by atoms with E-state index in [-0.39, 0.29) is 6.61 Å². The first-order valence-electron chi connectivity index (χ1n) is 6.34. The second-order valence-corrected chi connectivity index (χ2v) is 4.19. The van der Waals surface area contributed by atoms with Gasteiger partial charge in [-0.3, -0.25) is 0 Å². The van der Waals surface area contributed by atoms with Crippen molar-refractivity contribution in [1.29, 1.82) is 0 Å². The lowest BCUT2D eigenvalue weighted by Gasteiger charge is -2.20. The highest BCUT2D eigenvalue weighted by Crippen LogP contribution is 2.13. The van der Waals surface area contributed by atoms with Crippen molar-refractivity contribution in [2.24, 2.45) is 5.90 Å². The Hall–Kier alpha value is -2.24. The number of ether oxygens (including phenoxy) is 1. The van der Waals surface area contributed by atoms with Gasteiger partial charge >= 0.3 is 0 Å². The molecule has 2 rings (SSSR count). The number of nitrogens with two attached hydrogens (primary N) is 1. The van der Waals surface area contributed by atoms with Gasteiger partial charge in [0, 0.05) is 12.3 Å². The topological polar surface area (TPSA) is 68.0 Å². The summed E-state index contributed by atoms with van der Waals surface area (Å²) in [6.45, 7) is 1.14. The van der Waals surface area contributed by atoms with Crippen molar-refractivity contribution in [2.45, 2.75) is 6.61 Å². The lowest BCUT2D eigenvalue weighted by molar-refractivity contribution is 0.130. The first-order valence-corrected chi connectivity index (χ1v) is 6.34. The maximum Gasteiger partial charge on any atom is 0.218 e. The van der Waals surface area contributed by atoms with Gasteiger partial charge in [0.15, 0.2) is 0 Å². The van der Waals surface area contributed by atoms with Crippen molar-refractivity contribution >= 4 is 0 Å². The van der Waals surface area contributed by atoms with E-state index in [1.165, 1.54) is 0 Å². The molecule has 0 unspecified atom stereocenters. The summed E-state index contributed by atoms with van der Waals surface area (Å²) in [5.74, 6) is 6.56. The maximum atomic E-state index is 8.96. The molecule has 1 aromatic rings. The van der Waals surface area contributed by atoms with Crippen LogP contribution in [-0.2, 0) is 11.4 Å². The summed E-state index contributed by atoms with van der Waals surface area (Å²) >= 11 is 0. The van der Waals surface area contributed by atoms with Gasteiger partial charge in [-0.1, -0.05) is 24.3 Å². The van der Waals surface area contributed by atoms with Crippen molar-refractivity contribution in [2.75, 3.05) is 13.2 Å². The average Bonchev–Trinajstić information content (AvgIpc) is 2.73. The zero-order valence-corrected chi connectivity index (χ0v) is 11.1. The minimum Gasteiger partial charge on any atom is -0.492 e. The summed E-state index contributed by atoms with van der Waals surface area (Å²) in [5.41, 5.74) is 0.862. The quantitative estimate of drug-likeness (QED) is 0.772. The molecule has 20 heavy (non-hydrogen) atoms. The zero-order chi connectivity index (χ0) is 14.2. The minimum absolute atomic E-state index is 0.0356. The van der Waals surface area contributed by atoms with Crippen LogP contribution in [0.15, 0.2) is 60.7 Å². The fourth-order valence-electron chi connectivity index (χ4n) is 1.77. The second-order valence-electron chi connectivity index (χ2n) is 4.19. The summed E-state index contributed by atoms with van der Waals surface area (Å²) in [7, 11) is 0. The molecule has 1 heterocycles. The van der Waals surface area contributed by atoms with E-state index in [1.807, 2.05) is 53.6 Å². The molecule has 0 spiro atoms. The van der Waals surface area contributed by atoms with E-state index in [0.717, 1.165) is 11.3 Å². The van der Waals surface area contributed by atoms with Gasteiger partial charge in [-0.25, -0.2) is 0 Å². The van der Waals surface area contributed by atoms with Crippen LogP contribution < -0.4 is 10.6 Å². The van der Waals surface area contributed by atoms with Gasteiger partial charge in [0.25, 0.3) is 0 Å². The minimum atomic E-state index is 0.0356. The Kier molecular flexibility index (Phi) is 5.23. The van der Waals surface area contributed by atoms with Crippen molar-refractivity contribution in [3.8, 4) is 5.75 Å². The number of aliphatic hydroxyl groups excluding tert-OH is 1. The van der Waals surface area contributed by atoms with Crippen LogP contribution in [0.2, 0.25) is 0 Å². The Bertz CT molecular complexity index is 506. The van der Waals surface area contributed by atoms with Gasteiger partial charge in [-0.15, -0.1) is 0 Å². The first-order chi connectivity index (χ1) is 9.83. The third kappa shape index (κ3) is 3.88. The van der Waals surface area contributed by atoms with Crippen molar-refractivity contribution in [3.05, 3.63) is 66.2 Å². The molecule has 0 fully saturated rings. The van der Waals surface area contributed by atoms with Crippen LogP contribution >= 0.6 is 0 Å². The number of allylic oxidation sites excluding steroid dienone is 4. The molecule has 0 aromatic heterocycles. The Morgan fingerprint density at radius 2 is 1.90 bits per heavy atom. The Morgan fingerprint density at radius 1 is 1.10 bits per heavy atom. The van der Waals surface area contributed by atoms with Crippen LogP contribution in [0.5, 0.6) is 5.75 Å². The van der Waals surface area contributed by atoms with Crippen LogP contribution in [0.4, 0.5) is 0 Å². The van der Waals surface area contributed by atoms with Crippen molar-refractivity contribution in [1.82, 2.24) is 4.90 Å². The molecule has 1 aliphatic rings. The van der Waals surface area contributed by atoms with Crippen LogP contribution in [0.1, 0.15) is 5.56 Å². The predicted molar refractivity (Wildman–Crippen MR) is 76.2 cm³/mol. The van der Waals surface area contributed by atoms with E-state index in [2.05, 4.69) is 0 Å². The zero-order valence-electron chi connectivity index (χ0n) is 11.1. The molecule has 0 saturated heterocycles. The van der Waals surface area contributed by atoms with Crippen LogP contribution in [0.3, 0.4) is 0 Å². The van der Waals surface area contributed by atoms with E-state index in [1.54, 1.807) is 6.08 Å². The molecule has 0 amide bonds. The third-order valence-corrected chi connectivity index (χ3v) is 2.84. The molecule has 3 N–H and O–H groups in total. The molecule has 0 atom stereocenters. The SMILES string of the molecule is NOC1=CC=CC=CN1CCOc1ccc(CO)cc1. The summed E-state index contributed by atoms with van der Waals surface area (Å²) in [6, 6.07) is 7.34. The molecule has 0 aliphatic carbocycles. The highest BCUT2D eigenvalue weighted by molar-refractivity contribution is 5.26.